The number of fused-ring (bicyclic) bond motifs is 3. The van der Waals surface area contributed by atoms with Gasteiger partial charge in [-0.1, -0.05) is 26.0 Å². The van der Waals surface area contributed by atoms with Crippen LogP contribution < -0.4 is 4.72 Å². The lowest BCUT2D eigenvalue weighted by Crippen LogP contribution is -2.13. The van der Waals surface area contributed by atoms with Gasteiger partial charge in [0.15, 0.2) is 5.78 Å². The number of hydrogen-bond donors (Lipinski definition) is 1. The number of carbonyl (C=O) groups excluding carboxylic acids is 1. The van der Waals surface area contributed by atoms with Crippen molar-refractivity contribution in [2.24, 2.45) is 0 Å². The Balaban J connectivity index is 1.68. The van der Waals surface area contributed by atoms with Crippen LogP contribution >= 0.6 is 0 Å². The molecule has 1 aliphatic rings. The maximum absolute atomic E-state index is 12.7. The molecule has 4 rings (SSSR count). The van der Waals surface area contributed by atoms with Crippen molar-refractivity contribution in [1.82, 2.24) is 0 Å². The Kier molecular flexibility index (Phi) is 4.30. The molecule has 0 atom stereocenters. The van der Waals surface area contributed by atoms with Crippen LogP contribution in [0.2, 0.25) is 0 Å². The van der Waals surface area contributed by atoms with Crippen LogP contribution in [-0.4, -0.2) is 14.2 Å². The lowest BCUT2D eigenvalue weighted by Gasteiger charge is -2.11. The van der Waals surface area contributed by atoms with Gasteiger partial charge in [0.25, 0.3) is 10.0 Å². The van der Waals surface area contributed by atoms with Gasteiger partial charge in [-0.05, 0) is 48.2 Å². The number of ketones is 1. The molecule has 1 N–H and O–H groups in total. The van der Waals surface area contributed by atoms with Crippen LogP contribution in [0, 0.1) is 0 Å². The van der Waals surface area contributed by atoms with E-state index in [9.17, 15) is 13.2 Å². The summed E-state index contributed by atoms with van der Waals surface area (Å²) in [5.41, 5.74) is 2.70. The van der Waals surface area contributed by atoms with Crippen molar-refractivity contribution < 1.29 is 17.6 Å². The normalized spacial score (nSPS) is 14.6. The Morgan fingerprint density at radius 1 is 1.04 bits per heavy atom. The maximum atomic E-state index is 12.7. The van der Waals surface area contributed by atoms with E-state index < -0.39 is 10.0 Å². The topological polar surface area (TPSA) is 76.4 Å². The first-order valence-electron chi connectivity index (χ1n) is 9.06. The number of carbonyl (C=O) groups is 1. The third kappa shape index (κ3) is 3.25. The van der Waals surface area contributed by atoms with E-state index >= 15 is 0 Å². The van der Waals surface area contributed by atoms with Crippen LogP contribution in [0.5, 0.6) is 0 Å². The number of benzene rings is 2. The number of nitrogens with one attached hydrogen (secondary N) is 1. The molecule has 0 radical (unpaired) electrons. The molecule has 0 fully saturated rings. The fraction of sp³-hybridized carbons (Fsp3) is 0.286. The van der Waals surface area contributed by atoms with Crippen LogP contribution in [0.15, 0.2) is 51.8 Å². The zero-order valence-electron chi connectivity index (χ0n) is 15.3. The lowest BCUT2D eigenvalue weighted by molar-refractivity contribution is 0.0971. The number of sulfonamides is 1. The highest BCUT2D eigenvalue weighted by Crippen LogP contribution is 2.34. The van der Waals surface area contributed by atoms with Crippen molar-refractivity contribution in [1.29, 1.82) is 0 Å². The predicted molar refractivity (Wildman–Crippen MR) is 105 cm³/mol. The average Bonchev–Trinajstić information content (AvgIpc) is 3.00. The molecule has 0 spiro atoms. The molecule has 0 aliphatic heterocycles. The highest BCUT2D eigenvalue weighted by atomic mass is 32.2. The number of anilines is 1. The smallest absolute Gasteiger partial charge is 0.261 e. The van der Waals surface area contributed by atoms with Crippen molar-refractivity contribution in [3.05, 3.63) is 59.4 Å². The van der Waals surface area contributed by atoms with Crippen molar-refractivity contribution in [2.45, 2.75) is 43.9 Å². The highest BCUT2D eigenvalue weighted by Gasteiger charge is 2.25. The molecule has 6 heteroatoms. The van der Waals surface area contributed by atoms with E-state index in [-0.39, 0.29) is 10.7 Å². The summed E-state index contributed by atoms with van der Waals surface area (Å²) in [4.78, 5) is 12.5. The van der Waals surface area contributed by atoms with Gasteiger partial charge in [0, 0.05) is 23.9 Å². The van der Waals surface area contributed by atoms with E-state index in [0.29, 0.717) is 40.3 Å². The molecular weight excluding hydrogens is 362 g/mol. The average molecular weight is 383 g/mol. The molecule has 27 heavy (non-hydrogen) atoms. The second kappa shape index (κ2) is 6.53. The van der Waals surface area contributed by atoms with Gasteiger partial charge in [-0.25, -0.2) is 8.42 Å². The number of rotatable bonds is 4. The molecule has 140 valence electrons. The monoisotopic (exact) mass is 383 g/mol. The fourth-order valence-corrected chi connectivity index (χ4v) is 4.52. The second-order valence-electron chi connectivity index (χ2n) is 7.22. The van der Waals surface area contributed by atoms with Crippen molar-refractivity contribution in [3.8, 4) is 0 Å². The Morgan fingerprint density at radius 3 is 2.48 bits per heavy atom. The van der Waals surface area contributed by atoms with Gasteiger partial charge < -0.3 is 4.42 Å². The van der Waals surface area contributed by atoms with Crippen molar-refractivity contribution in [3.63, 3.8) is 0 Å². The first-order valence-corrected chi connectivity index (χ1v) is 10.5. The number of aryl methyl sites for hydroxylation is 1. The summed E-state index contributed by atoms with van der Waals surface area (Å²) in [5, 5.41) is 0.671. The Bertz CT molecular complexity index is 1120. The summed E-state index contributed by atoms with van der Waals surface area (Å²) in [6.45, 7) is 4.12. The maximum Gasteiger partial charge on any atom is 0.261 e. The van der Waals surface area contributed by atoms with E-state index in [1.54, 1.807) is 30.3 Å². The lowest BCUT2D eigenvalue weighted by atomic mass is 9.94. The summed E-state index contributed by atoms with van der Waals surface area (Å²) in [6.07, 6.45) is 2.02. The van der Waals surface area contributed by atoms with Crippen LogP contribution in [0.25, 0.3) is 11.0 Å². The minimum atomic E-state index is -3.71. The summed E-state index contributed by atoms with van der Waals surface area (Å²) >= 11 is 0. The molecule has 5 nitrogen and oxygen atoms in total. The SMILES string of the molecule is CC(C)c1ccc(S(=O)(=O)Nc2ccc3oc4c(c3c2)C(=O)CCC4)cc1. The molecule has 0 saturated heterocycles. The van der Waals surface area contributed by atoms with Gasteiger partial charge in [-0.15, -0.1) is 0 Å². The summed E-state index contributed by atoms with van der Waals surface area (Å²) < 4.78 is 33.8. The summed E-state index contributed by atoms with van der Waals surface area (Å²) in [5.74, 6) is 1.09. The van der Waals surface area contributed by atoms with Gasteiger partial charge in [-0.2, -0.15) is 0 Å². The molecule has 1 aliphatic carbocycles. The molecule has 1 aromatic heterocycles. The van der Waals surface area contributed by atoms with Crippen LogP contribution in [0.1, 0.15) is 54.3 Å². The van der Waals surface area contributed by atoms with Crippen molar-refractivity contribution >= 4 is 32.5 Å². The first kappa shape index (κ1) is 17.8. The molecular formula is C21H21NO4S. The standard InChI is InChI=1S/C21H21NO4S/c1-13(2)14-6-9-16(10-7-14)27(24,25)22-15-8-11-19-17(12-15)21-18(23)4-3-5-20(21)26-19/h6-13,22H,3-5H2,1-2H3. The minimum absolute atomic E-state index is 0.0549. The Hall–Kier alpha value is -2.60. The number of Topliss-reactive ketones (excluding diaryl/α,β-unsaturated/α-hetero) is 1. The van der Waals surface area contributed by atoms with E-state index in [4.69, 9.17) is 4.42 Å². The van der Waals surface area contributed by atoms with Gasteiger partial charge in [0.05, 0.1) is 10.5 Å². The molecule has 2 aromatic carbocycles. The minimum Gasteiger partial charge on any atom is -0.460 e. The van der Waals surface area contributed by atoms with E-state index in [1.807, 2.05) is 12.1 Å². The number of furan rings is 1. The second-order valence-corrected chi connectivity index (χ2v) is 8.90. The molecule has 0 amide bonds. The molecule has 1 heterocycles. The molecule has 0 saturated carbocycles. The van der Waals surface area contributed by atoms with Gasteiger partial charge >= 0.3 is 0 Å². The van der Waals surface area contributed by atoms with Gasteiger partial charge in [-0.3, -0.25) is 9.52 Å². The Labute approximate surface area is 158 Å². The molecule has 3 aromatic rings. The van der Waals surface area contributed by atoms with Crippen LogP contribution in [0.4, 0.5) is 5.69 Å². The van der Waals surface area contributed by atoms with Crippen molar-refractivity contribution in [2.75, 3.05) is 4.72 Å². The Morgan fingerprint density at radius 2 is 1.78 bits per heavy atom. The largest absolute Gasteiger partial charge is 0.460 e. The highest BCUT2D eigenvalue weighted by molar-refractivity contribution is 7.92. The first-order chi connectivity index (χ1) is 12.8. The summed E-state index contributed by atoms with van der Waals surface area (Å²) in [7, 11) is -3.71. The van der Waals surface area contributed by atoms with Gasteiger partial charge in [0.1, 0.15) is 11.3 Å². The molecule has 0 unspecified atom stereocenters. The third-order valence-corrected chi connectivity index (χ3v) is 6.35. The third-order valence-electron chi connectivity index (χ3n) is 4.96. The fourth-order valence-electron chi connectivity index (χ4n) is 3.47. The zero-order chi connectivity index (χ0) is 19.2. The van der Waals surface area contributed by atoms with E-state index in [0.717, 1.165) is 18.4 Å². The quantitative estimate of drug-likeness (QED) is 0.697. The van der Waals surface area contributed by atoms with E-state index in [2.05, 4.69) is 18.6 Å². The predicted octanol–water partition coefficient (Wildman–Crippen LogP) is 4.88. The van der Waals surface area contributed by atoms with Crippen LogP contribution in [0.3, 0.4) is 0 Å². The summed E-state index contributed by atoms with van der Waals surface area (Å²) in [6, 6.07) is 11.9. The van der Waals surface area contributed by atoms with Crippen LogP contribution in [-0.2, 0) is 16.4 Å². The van der Waals surface area contributed by atoms with Gasteiger partial charge in [0.2, 0.25) is 0 Å². The van der Waals surface area contributed by atoms with E-state index in [1.165, 1.54) is 0 Å². The zero-order valence-corrected chi connectivity index (χ0v) is 16.1. The molecule has 0 bridgehead atoms. The number of hydrogen-bond acceptors (Lipinski definition) is 4.